The fraction of sp³-hybridized carbons (Fsp3) is 0.455. The summed E-state index contributed by atoms with van der Waals surface area (Å²) in [6, 6.07) is 16.1. The van der Waals surface area contributed by atoms with Crippen LogP contribution in [0.5, 0.6) is 0 Å². The molecule has 6 heteroatoms. The number of fused-ring (bicyclic) bond motifs is 4. The average Bonchev–Trinajstić information content (AvgIpc) is 2.89. The van der Waals surface area contributed by atoms with Gasteiger partial charge in [0.25, 0.3) is 10.0 Å². The summed E-state index contributed by atoms with van der Waals surface area (Å²) in [5, 5.41) is 0. The fourth-order valence-corrected chi connectivity index (χ4v) is 6.63. The average molecular weight is 399 g/mol. The monoisotopic (exact) mass is 398 g/mol. The smallest absolute Gasteiger partial charge is 0.264 e. The minimum Gasteiger partial charge on any atom is -0.365 e. The van der Waals surface area contributed by atoms with Crippen molar-refractivity contribution in [3.05, 3.63) is 59.7 Å². The SMILES string of the molecule is CN1[C@@H]2CC[C@H]1C[C@H](OC1c3ccccc3N(C)S(=O)(=O)c3ccccc31)C2. The van der Waals surface area contributed by atoms with Crippen LogP contribution in [0.1, 0.15) is 42.9 Å². The summed E-state index contributed by atoms with van der Waals surface area (Å²) in [5.74, 6) is 0. The first kappa shape index (κ1) is 18.2. The Morgan fingerprint density at radius 3 is 2.21 bits per heavy atom. The van der Waals surface area contributed by atoms with E-state index < -0.39 is 10.0 Å². The van der Waals surface area contributed by atoms with Gasteiger partial charge in [-0.1, -0.05) is 36.4 Å². The molecule has 1 unspecified atom stereocenters. The predicted molar refractivity (Wildman–Crippen MR) is 109 cm³/mol. The molecule has 2 aromatic rings. The molecule has 148 valence electrons. The zero-order chi connectivity index (χ0) is 19.5. The van der Waals surface area contributed by atoms with Crippen LogP contribution in [0.4, 0.5) is 5.69 Å². The van der Waals surface area contributed by atoms with Gasteiger partial charge in [0.15, 0.2) is 0 Å². The van der Waals surface area contributed by atoms with E-state index in [1.54, 1.807) is 19.2 Å². The Balaban J connectivity index is 1.60. The maximum absolute atomic E-state index is 13.2. The molecule has 2 bridgehead atoms. The van der Waals surface area contributed by atoms with E-state index in [1.807, 2.05) is 36.4 Å². The van der Waals surface area contributed by atoms with Crippen LogP contribution in [-0.4, -0.2) is 45.6 Å². The molecule has 0 amide bonds. The number of hydrogen-bond acceptors (Lipinski definition) is 4. The standard InChI is InChI=1S/C22H26N2O3S/c1-23-15-11-12-16(23)14-17(13-15)27-22-18-7-3-5-9-20(18)24(2)28(25,26)21-10-6-4-8-19(21)22/h3-10,15-17,22H,11-14H2,1-2H3/t15-,16+,17-,22?. The molecular formula is C22H26N2O3S. The molecule has 0 N–H and O–H groups in total. The number of benzene rings is 2. The zero-order valence-corrected chi connectivity index (χ0v) is 17.1. The molecule has 0 aliphatic carbocycles. The Bertz CT molecular complexity index is 992. The molecular weight excluding hydrogens is 372 g/mol. The van der Waals surface area contributed by atoms with Crippen molar-refractivity contribution < 1.29 is 13.2 Å². The maximum Gasteiger partial charge on any atom is 0.264 e. The Labute approximate surface area is 167 Å². The van der Waals surface area contributed by atoms with E-state index in [0.717, 1.165) is 24.0 Å². The van der Waals surface area contributed by atoms with E-state index >= 15 is 0 Å². The van der Waals surface area contributed by atoms with Crippen LogP contribution >= 0.6 is 0 Å². The molecule has 28 heavy (non-hydrogen) atoms. The maximum atomic E-state index is 13.2. The Hall–Kier alpha value is -1.89. The molecule has 0 radical (unpaired) electrons. The van der Waals surface area contributed by atoms with Crippen LogP contribution < -0.4 is 4.31 Å². The molecule has 4 atom stereocenters. The number of hydrogen-bond donors (Lipinski definition) is 0. The van der Waals surface area contributed by atoms with E-state index in [2.05, 4.69) is 11.9 Å². The van der Waals surface area contributed by atoms with Gasteiger partial charge in [-0.3, -0.25) is 4.31 Å². The van der Waals surface area contributed by atoms with Crippen molar-refractivity contribution in [2.24, 2.45) is 0 Å². The summed E-state index contributed by atoms with van der Waals surface area (Å²) < 4.78 is 34.6. The molecule has 5 rings (SSSR count). The second-order valence-electron chi connectivity index (χ2n) is 8.23. The van der Waals surface area contributed by atoms with Gasteiger partial charge in [0.2, 0.25) is 0 Å². The van der Waals surface area contributed by atoms with Crippen LogP contribution in [0, 0.1) is 0 Å². The van der Waals surface area contributed by atoms with E-state index in [1.165, 1.54) is 17.1 Å². The van der Waals surface area contributed by atoms with Crippen molar-refractivity contribution >= 4 is 15.7 Å². The van der Waals surface area contributed by atoms with Gasteiger partial charge in [-0.15, -0.1) is 0 Å². The van der Waals surface area contributed by atoms with Crippen molar-refractivity contribution in [2.75, 3.05) is 18.4 Å². The quantitative estimate of drug-likeness (QED) is 0.776. The number of rotatable bonds is 2. The van der Waals surface area contributed by atoms with Crippen molar-refractivity contribution in [3.63, 3.8) is 0 Å². The highest BCUT2D eigenvalue weighted by molar-refractivity contribution is 7.92. The van der Waals surface area contributed by atoms with Gasteiger partial charge in [0.1, 0.15) is 6.10 Å². The zero-order valence-electron chi connectivity index (χ0n) is 16.3. The van der Waals surface area contributed by atoms with E-state index in [9.17, 15) is 8.42 Å². The minimum absolute atomic E-state index is 0.144. The molecule has 2 aromatic carbocycles. The van der Waals surface area contributed by atoms with Gasteiger partial charge in [-0.05, 0) is 44.9 Å². The molecule has 3 aliphatic heterocycles. The van der Waals surface area contributed by atoms with Crippen LogP contribution in [0.3, 0.4) is 0 Å². The van der Waals surface area contributed by atoms with Crippen LogP contribution in [0.2, 0.25) is 0 Å². The number of piperidine rings is 1. The topological polar surface area (TPSA) is 49.9 Å². The van der Waals surface area contributed by atoms with Gasteiger partial charge >= 0.3 is 0 Å². The Morgan fingerprint density at radius 2 is 1.50 bits per heavy atom. The highest BCUT2D eigenvalue weighted by Gasteiger charge is 2.42. The third-order valence-corrected chi connectivity index (χ3v) is 8.63. The molecule has 2 saturated heterocycles. The number of para-hydroxylation sites is 1. The van der Waals surface area contributed by atoms with Gasteiger partial charge in [-0.2, -0.15) is 0 Å². The Morgan fingerprint density at radius 1 is 0.893 bits per heavy atom. The van der Waals surface area contributed by atoms with Crippen LogP contribution in [0.25, 0.3) is 0 Å². The number of nitrogens with zero attached hydrogens (tertiary/aromatic N) is 2. The third kappa shape index (κ3) is 2.70. The first-order valence-corrected chi connectivity index (χ1v) is 11.4. The lowest BCUT2D eigenvalue weighted by Gasteiger charge is -2.38. The van der Waals surface area contributed by atoms with Crippen molar-refractivity contribution in [2.45, 2.75) is 54.9 Å². The fourth-order valence-electron chi connectivity index (χ4n) is 5.18. The van der Waals surface area contributed by atoms with Crippen LogP contribution in [-0.2, 0) is 14.8 Å². The lowest BCUT2D eigenvalue weighted by Crippen LogP contribution is -2.43. The Kier molecular flexibility index (Phi) is 4.27. The molecule has 0 spiro atoms. The number of sulfonamides is 1. The molecule has 3 aliphatic rings. The van der Waals surface area contributed by atoms with E-state index in [0.29, 0.717) is 22.7 Å². The number of ether oxygens (including phenoxy) is 1. The first-order chi connectivity index (χ1) is 13.5. The molecule has 5 nitrogen and oxygen atoms in total. The summed E-state index contributed by atoms with van der Waals surface area (Å²) >= 11 is 0. The van der Waals surface area contributed by atoms with E-state index in [-0.39, 0.29) is 12.2 Å². The summed E-state index contributed by atoms with van der Waals surface area (Å²) in [6.45, 7) is 0. The molecule has 2 fully saturated rings. The molecule has 0 saturated carbocycles. The first-order valence-electron chi connectivity index (χ1n) is 10.0. The lowest BCUT2D eigenvalue weighted by atomic mass is 9.96. The predicted octanol–water partition coefficient (Wildman–Crippen LogP) is 3.56. The van der Waals surface area contributed by atoms with Gasteiger partial charge in [0.05, 0.1) is 16.7 Å². The summed E-state index contributed by atoms with van der Waals surface area (Å²) in [7, 11) is 0.229. The van der Waals surface area contributed by atoms with Crippen molar-refractivity contribution in [3.8, 4) is 0 Å². The normalized spacial score (nSPS) is 31.1. The van der Waals surface area contributed by atoms with Gasteiger partial charge in [-0.25, -0.2) is 8.42 Å². The lowest BCUT2D eigenvalue weighted by molar-refractivity contribution is -0.0432. The van der Waals surface area contributed by atoms with Crippen molar-refractivity contribution in [1.29, 1.82) is 0 Å². The summed E-state index contributed by atoms with van der Waals surface area (Å²) in [6.07, 6.45) is 4.25. The largest absolute Gasteiger partial charge is 0.365 e. The third-order valence-electron chi connectivity index (χ3n) is 6.78. The van der Waals surface area contributed by atoms with Crippen molar-refractivity contribution in [1.82, 2.24) is 4.90 Å². The minimum atomic E-state index is -3.62. The van der Waals surface area contributed by atoms with E-state index in [4.69, 9.17) is 4.74 Å². The molecule has 3 heterocycles. The van der Waals surface area contributed by atoms with Crippen LogP contribution in [0.15, 0.2) is 53.4 Å². The highest BCUT2D eigenvalue weighted by Crippen LogP contribution is 2.44. The molecule has 0 aromatic heterocycles. The summed E-state index contributed by atoms with van der Waals surface area (Å²) in [5.41, 5.74) is 2.36. The highest BCUT2D eigenvalue weighted by atomic mass is 32.2. The second-order valence-corrected chi connectivity index (χ2v) is 10.2. The number of anilines is 1. The van der Waals surface area contributed by atoms with Gasteiger partial charge < -0.3 is 9.64 Å². The second kappa shape index (κ2) is 6.58. The van der Waals surface area contributed by atoms with Gasteiger partial charge in [0, 0.05) is 30.3 Å². The summed E-state index contributed by atoms with van der Waals surface area (Å²) in [4.78, 5) is 2.84.